The smallest absolute Gasteiger partial charge is 0.251 e. The summed E-state index contributed by atoms with van der Waals surface area (Å²) in [4.78, 5) is 26.2. The second-order valence-corrected chi connectivity index (χ2v) is 8.47. The van der Waals surface area contributed by atoms with Crippen LogP contribution < -0.4 is 5.32 Å². The maximum absolute atomic E-state index is 12.7. The van der Waals surface area contributed by atoms with E-state index in [1.165, 1.54) is 21.4 Å². The third-order valence-corrected chi connectivity index (χ3v) is 6.41. The molecule has 0 atom stereocenters. The molecule has 1 aromatic heterocycles. The fourth-order valence-electron chi connectivity index (χ4n) is 3.02. The number of carbonyl (C=O) groups is 2. The predicted octanol–water partition coefficient (Wildman–Crippen LogP) is 0.0731. The predicted molar refractivity (Wildman–Crippen MR) is 102 cm³/mol. The van der Waals surface area contributed by atoms with Crippen molar-refractivity contribution in [2.75, 3.05) is 32.7 Å². The SMILES string of the molecule is Cn1cc(S(=O)(=O)N2CCCN(C(=O)CNC(=O)c3ccccc3)CC2)cn1. The Balaban J connectivity index is 1.56. The van der Waals surface area contributed by atoms with Gasteiger partial charge in [-0.2, -0.15) is 9.40 Å². The summed E-state index contributed by atoms with van der Waals surface area (Å²) in [5.41, 5.74) is 0.486. The molecule has 0 unspecified atom stereocenters. The van der Waals surface area contributed by atoms with Crippen molar-refractivity contribution in [2.24, 2.45) is 7.05 Å². The zero-order valence-corrected chi connectivity index (χ0v) is 16.4. The van der Waals surface area contributed by atoms with Gasteiger partial charge in [-0.25, -0.2) is 8.42 Å². The van der Waals surface area contributed by atoms with Crippen LogP contribution in [0.5, 0.6) is 0 Å². The van der Waals surface area contributed by atoms with Gasteiger partial charge in [0.1, 0.15) is 4.90 Å². The van der Waals surface area contributed by atoms with E-state index in [0.717, 1.165) is 0 Å². The van der Waals surface area contributed by atoms with Crippen LogP contribution in [-0.2, 0) is 21.9 Å². The molecule has 0 saturated carbocycles. The molecule has 10 heteroatoms. The number of nitrogens with one attached hydrogen (secondary N) is 1. The Kier molecular flexibility index (Phi) is 6.10. The Morgan fingerprint density at radius 1 is 1.11 bits per heavy atom. The summed E-state index contributed by atoms with van der Waals surface area (Å²) in [6.45, 7) is 1.13. The number of nitrogens with zero attached hydrogens (tertiary/aromatic N) is 4. The quantitative estimate of drug-likeness (QED) is 0.758. The molecule has 2 amide bonds. The van der Waals surface area contributed by atoms with Crippen molar-refractivity contribution < 1.29 is 18.0 Å². The minimum Gasteiger partial charge on any atom is -0.343 e. The van der Waals surface area contributed by atoms with Gasteiger partial charge in [-0.1, -0.05) is 18.2 Å². The Morgan fingerprint density at radius 3 is 2.54 bits per heavy atom. The topological polar surface area (TPSA) is 105 Å². The largest absolute Gasteiger partial charge is 0.343 e. The van der Waals surface area contributed by atoms with Crippen LogP contribution in [0.1, 0.15) is 16.8 Å². The van der Waals surface area contributed by atoms with E-state index in [4.69, 9.17) is 0 Å². The minimum atomic E-state index is -3.63. The van der Waals surface area contributed by atoms with Crippen molar-refractivity contribution in [1.29, 1.82) is 0 Å². The maximum atomic E-state index is 12.7. The summed E-state index contributed by atoms with van der Waals surface area (Å²) >= 11 is 0. The van der Waals surface area contributed by atoms with Gasteiger partial charge in [-0.3, -0.25) is 14.3 Å². The molecule has 3 rings (SSSR count). The molecular formula is C18H23N5O4S. The number of hydrogen-bond donors (Lipinski definition) is 1. The van der Waals surface area contributed by atoms with E-state index < -0.39 is 10.0 Å². The molecule has 2 heterocycles. The van der Waals surface area contributed by atoms with Gasteiger partial charge in [0.15, 0.2) is 0 Å². The lowest BCUT2D eigenvalue weighted by Crippen LogP contribution is -2.42. The molecular weight excluding hydrogens is 382 g/mol. The molecule has 1 aliphatic heterocycles. The first-order chi connectivity index (χ1) is 13.4. The zero-order valence-electron chi connectivity index (χ0n) is 15.6. The van der Waals surface area contributed by atoms with Gasteiger partial charge in [0.25, 0.3) is 5.91 Å². The van der Waals surface area contributed by atoms with Crippen LogP contribution in [0.3, 0.4) is 0 Å². The lowest BCUT2D eigenvalue weighted by Gasteiger charge is -2.21. The van der Waals surface area contributed by atoms with Crippen LogP contribution in [-0.4, -0.2) is 71.9 Å². The van der Waals surface area contributed by atoms with Gasteiger partial charge in [0.05, 0.1) is 12.7 Å². The fraction of sp³-hybridized carbons (Fsp3) is 0.389. The normalized spacial score (nSPS) is 15.8. The molecule has 2 aromatic rings. The van der Waals surface area contributed by atoms with Crippen LogP contribution in [0.4, 0.5) is 0 Å². The third kappa shape index (κ3) is 4.57. The summed E-state index contributed by atoms with van der Waals surface area (Å²) in [6.07, 6.45) is 3.31. The average molecular weight is 405 g/mol. The van der Waals surface area contributed by atoms with E-state index in [2.05, 4.69) is 10.4 Å². The molecule has 1 aliphatic rings. The van der Waals surface area contributed by atoms with E-state index >= 15 is 0 Å². The van der Waals surface area contributed by atoms with Crippen molar-refractivity contribution in [3.63, 3.8) is 0 Å². The molecule has 1 N–H and O–H groups in total. The number of carbonyl (C=O) groups excluding carboxylic acids is 2. The van der Waals surface area contributed by atoms with E-state index in [1.807, 2.05) is 6.07 Å². The molecule has 0 aliphatic carbocycles. The second kappa shape index (κ2) is 8.53. The van der Waals surface area contributed by atoms with Crippen molar-refractivity contribution in [2.45, 2.75) is 11.3 Å². The number of hydrogen-bond acceptors (Lipinski definition) is 5. The highest BCUT2D eigenvalue weighted by Crippen LogP contribution is 2.17. The molecule has 1 aromatic carbocycles. The summed E-state index contributed by atoms with van der Waals surface area (Å²) in [6, 6.07) is 8.66. The first-order valence-corrected chi connectivity index (χ1v) is 10.4. The zero-order chi connectivity index (χ0) is 20.1. The lowest BCUT2D eigenvalue weighted by atomic mass is 10.2. The highest BCUT2D eigenvalue weighted by molar-refractivity contribution is 7.89. The Bertz CT molecular complexity index is 942. The Labute approximate surface area is 164 Å². The summed E-state index contributed by atoms with van der Waals surface area (Å²) in [7, 11) is -1.97. The molecule has 9 nitrogen and oxygen atoms in total. The molecule has 0 radical (unpaired) electrons. The number of amides is 2. The standard InChI is InChI=1S/C18H23N5O4S/c1-21-14-16(12-20-21)28(26,27)23-9-5-8-22(10-11-23)17(24)13-19-18(25)15-6-3-2-4-7-15/h2-4,6-7,12,14H,5,8-11,13H2,1H3,(H,19,25). The number of benzene rings is 1. The van der Waals surface area contributed by atoms with Gasteiger partial charge >= 0.3 is 0 Å². The highest BCUT2D eigenvalue weighted by atomic mass is 32.2. The molecule has 1 saturated heterocycles. The lowest BCUT2D eigenvalue weighted by molar-refractivity contribution is -0.129. The van der Waals surface area contributed by atoms with E-state index in [9.17, 15) is 18.0 Å². The summed E-state index contributed by atoms with van der Waals surface area (Å²) in [5.74, 6) is -0.547. The van der Waals surface area contributed by atoms with E-state index in [-0.39, 0.29) is 36.3 Å². The summed E-state index contributed by atoms with van der Waals surface area (Å²) < 4.78 is 28.2. The maximum Gasteiger partial charge on any atom is 0.251 e. The first kappa shape index (κ1) is 20.0. The van der Waals surface area contributed by atoms with Crippen LogP contribution in [0.15, 0.2) is 47.6 Å². The third-order valence-electron chi connectivity index (χ3n) is 4.56. The summed E-state index contributed by atoms with van der Waals surface area (Å²) in [5, 5.41) is 6.53. The van der Waals surface area contributed by atoms with Crippen molar-refractivity contribution >= 4 is 21.8 Å². The van der Waals surface area contributed by atoms with E-state index in [1.54, 1.807) is 36.2 Å². The van der Waals surface area contributed by atoms with Crippen molar-refractivity contribution in [3.8, 4) is 0 Å². The number of aryl methyl sites for hydroxylation is 1. The number of sulfonamides is 1. The average Bonchev–Trinajstić information content (AvgIpc) is 2.99. The molecule has 150 valence electrons. The minimum absolute atomic E-state index is 0.122. The van der Waals surface area contributed by atoms with Crippen molar-refractivity contribution in [1.82, 2.24) is 24.3 Å². The van der Waals surface area contributed by atoms with Crippen LogP contribution in [0, 0.1) is 0 Å². The molecule has 28 heavy (non-hydrogen) atoms. The van der Waals surface area contributed by atoms with Crippen LogP contribution in [0.25, 0.3) is 0 Å². The van der Waals surface area contributed by atoms with Crippen molar-refractivity contribution in [3.05, 3.63) is 48.3 Å². The van der Waals surface area contributed by atoms with E-state index in [0.29, 0.717) is 25.1 Å². The van der Waals surface area contributed by atoms with Gasteiger partial charge < -0.3 is 10.2 Å². The molecule has 0 bridgehead atoms. The molecule has 0 spiro atoms. The van der Waals surface area contributed by atoms with Gasteiger partial charge in [0.2, 0.25) is 15.9 Å². The van der Waals surface area contributed by atoms with Gasteiger partial charge in [-0.05, 0) is 18.6 Å². The molecule has 1 fully saturated rings. The first-order valence-electron chi connectivity index (χ1n) is 8.98. The fourth-order valence-corrected chi connectivity index (χ4v) is 4.48. The highest BCUT2D eigenvalue weighted by Gasteiger charge is 2.29. The van der Waals surface area contributed by atoms with Crippen LogP contribution >= 0.6 is 0 Å². The number of aromatic nitrogens is 2. The van der Waals surface area contributed by atoms with Gasteiger partial charge in [-0.15, -0.1) is 0 Å². The second-order valence-electron chi connectivity index (χ2n) is 6.54. The Morgan fingerprint density at radius 2 is 1.86 bits per heavy atom. The number of rotatable bonds is 5. The van der Waals surface area contributed by atoms with Crippen LogP contribution in [0.2, 0.25) is 0 Å². The monoisotopic (exact) mass is 405 g/mol. The Hall–Kier alpha value is -2.72. The van der Waals surface area contributed by atoms with Gasteiger partial charge in [0, 0.05) is 45.0 Å².